The number of carbonyl (C=O) groups is 2. The molecule has 9 nitrogen and oxygen atoms in total. The second-order valence-corrected chi connectivity index (χ2v) is 9.37. The van der Waals surface area contributed by atoms with Crippen LogP contribution in [0.25, 0.3) is 22.4 Å². The third-order valence-corrected chi connectivity index (χ3v) is 6.59. The van der Waals surface area contributed by atoms with Gasteiger partial charge in [0.15, 0.2) is 5.16 Å². The van der Waals surface area contributed by atoms with Gasteiger partial charge in [0.25, 0.3) is 5.56 Å². The molecule has 0 bridgehead atoms. The van der Waals surface area contributed by atoms with E-state index in [0.29, 0.717) is 27.5 Å². The minimum atomic E-state index is -0.611. The Labute approximate surface area is 193 Å². The number of carbonyl (C=O) groups excluding carboxylic acids is 2. The zero-order chi connectivity index (χ0) is 23.1. The fourth-order valence-corrected chi connectivity index (χ4v) is 4.52. The maximum Gasteiger partial charge on any atom is 0.321 e. The molecule has 0 radical (unpaired) electrons. The Morgan fingerprint density at radius 1 is 1.09 bits per heavy atom. The highest BCUT2D eigenvalue weighted by molar-refractivity contribution is 8.00. The minimum Gasteiger partial charge on any atom is -0.335 e. The van der Waals surface area contributed by atoms with Crippen molar-refractivity contribution in [3.05, 3.63) is 64.4 Å². The van der Waals surface area contributed by atoms with Crippen molar-refractivity contribution in [1.29, 1.82) is 0 Å². The third kappa shape index (κ3) is 3.97. The van der Waals surface area contributed by atoms with Gasteiger partial charge in [-0.05, 0) is 50.5 Å². The van der Waals surface area contributed by atoms with Crippen molar-refractivity contribution >= 4 is 40.4 Å². The van der Waals surface area contributed by atoms with Crippen LogP contribution in [0.15, 0.2) is 58.5 Å². The summed E-state index contributed by atoms with van der Waals surface area (Å²) >= 11 is 1.18. The fraction of sp³-hybridized carbons (Fsp3) is 0.261. The standard InChI is InChI=1S/C23H22N6O3S/c1-13-7-3-5-9-17(13)28-20(31)16-8-4-6-10-18(16)29-22(28)26-27-23(29)33-14(2)19(30)25-21(32)24-15-11-12-15/h3-10,14-15H,11-12H2,1-2H3,(H2,24,25,30,32). The van der Waals surface area contributed by atoms with E-state index in [-0.39, 0.29) is 11.6 Å². The van der Waals surface area contributed by atoms with Gasteiger partial charge in [-0.1, -0.05) is 42.1 Å². The number of imide groups is 1. The number of rotatable bonds is 5. The van der Waals surface area contributed by atoms with Crippen LogP contribution in [-0.4, -0.2) is 42.4 Å². The van der Waals surface area contributed by atoms with Crippen LogP contribution in [0.1, 0.15) is 25.3 Å². The van der Waals surface area contributed by atoms with E-state index >= 15 is 0 Å². The van der Waals surface area contributed by atoms with Crippen LogP contribution < -0.4 is 16.2 Å². The lowest BCUT2D eigenvalue weighted by atomic mass is 10.2. The van der Waals surface area contributed by atoms with Gasteiger partial charge in [-0.25, -0.2) is 9.36 Å². The van der Waals surface area contributed by atoms with Crippen LogP contribution in [0.3, 0.4) is 0 Å². The molecule has 0 aliphatic heterocycles. The Morgan fingerprint density at radius 2 is 1.82 bits per heavy atom. The van der Waals surface area contributed by atoms with Crippen LogP contribution in [-0.2, 0) is 4.79 Å². The first kappa shape index (κ1) is 21.2. The zero-order valence-corrected chi connectivity index (χ0v) is 18.9. The first-order chi connectivity index (χ1) is 15.9. The molecule has 168 valence electrons. The number of para-hydroxylation sites is 2. The molecule has 1 aliphatic rings. The Balaban J connectivity index is 1.57. The zero-order valence-electron chi connectivity index (χ0n) is 18.1. The molecular weight excluding hydrogens is 440 g/mol. The van der Waals surface area contributed by atoms with E-state index < -0.39 is 17.2 Å². The van der Waals surface area contributed by atoms with Crippen LogP contribution in [0.5, 0.6) is 0 Å². The van der Waals surface area contributed by atoms with Crippen molar-refractivity contribution in [2.75, 3.05) is 0 Å². The molecule has 2 aromatic heterocycles. The topological polar surface area (TPSA) is 110 Å². The van der Waals surface area contributed by atoms with Gasteiger partial charge in [-0.15, -0.1) is 10.2 Å². The number of hydrogen-bond donors (Lipinski definition) is 2. The van der Waals surface area contributed by atoms with Crippen LogP contribution in [0.4, 0.5) is 4.79 Å². The molecule has 4 aromatic rings. The SMILES string of the molecule is Cc1ccccc1-n1c(=O)c2ccccc2n2c(SC(C)C(=O)NC(=O)NC3CC3)nnc12. The van der Waals surface area contributed by atoms with E-state index in [1.54, 1.807) is 22.0 Å². The van der Waals surface area contributed by atoms with Gasteiger partial charge in [-0.2, -0.15) is 0 Å². The maximum atomic E-state index is 13.4. The molecule has 2 N–H and O–H groups in total. The number of aryl methyl sites for hydroxylation is 1. The molecule has 1 atom stereocenters. The summed E-state index contributed by atoms with van der Waals surface area (Å²) in [6.45, 7) is 3.63. The largest absolute Gasteiger partial charge is 0.335 e. The number of amides is 3. The highest BCUT2D eigenvalue weighted by Gasteiger charge is 2.26. The fourth-order valence-electron chi connectivity index (χ4n) is 3.66. The van der Waals surface area contributed by atoms with Crippen LogP contribution in [0.2, 0.25) is 0 Å². The van der Waals surface area contributed by atoms with Gasteiger partial charge in [0.1, 0.15) is 0 Å². The van der Waals surface area contributed by atoms with Gasteiger partial charge in [-0.3, -0.25) is 19.3 Å². The van der Waals surface area contributed by atoms with Gasteiger partial charge in [0.05, 0.1) is 21.8 Å². The normalized spacial score (nSPS) is 14.4. The molecule has 3 amide bonds. The molecule has 2 aromatic carbocycles. The first-order valence-corrected chi connectivity index (χ1v) is 11.5. The van der Waals surface area contributed by atoms with Crippen molar-refractivity contribution in [3.8, 4) is 5.69 Å². The summed E-state index contributed by atoms with van der Waals surface area (Å²) < 4.78 is 3.32. The maximum absolute atomic E-state index is 13.4. The highest BCUT2D eigenvalue weighted by atomic mass is 32.2. The number of fused-ring (bicyclic) bond motifs is 3. The van der Waals surface area contributed by atoms with Crippen molar-refractivity contribution in [2.45, 2.75) is 43.1 Å². The number of urea groups is 1. The van der Waals surface area contributed by atoms with Gasteiger partial charge in [0.2, 0.25) is 11.7 Å². The molecular formula is C23H22N6O3S. The van der Waals surface area contributed by atoms with E-state index in [1.807, 2.05) is 49.4 Å². The van der Waals surface area contributed by atoms with Crippen molar-refractivity contribution in [1.82, 2.24) is 29.8 Å². The van der Waals surface area contributed by atoms with E-state index in [9.17, 15) is 14.4 Å². The van der Waals surface area contributed by atoms with Gasteiger partial charge >= 0.3 is 6.03 Å². The lowest BCUT2D eigenvalue weighted by molar-refractivity contribution is -0.119. The predicted octanol–water partition coefficient (Wildman–Crippen LogP) is 2.81. The van der Waals surface area contributed by atoms with Crippen molar-refractivity contribution in [3.63, 3.8) is 0 Å². The van der Waals surface area contributed by atoms with E-state index in [1.165, 1.54) is 11.8 Å². The summed E-state index contributed by atoms with van der Waals surface area (Å²) in [4.78, 5) is 37.9. The molecule has 10 heteroatoms. The van der Waals surface area contributed by atoms with E-state index in [2.05, 4.69) is 20.8 Å². The Hall–Kier alpha value is -3.66. The predicted molar refractivity (Wildman–Crippen MR) is 126 cm³/mol. The second kappa shape index (κ2) is 8.36. The number of nitrogens with zero attached hydrogens (tertiary/aromatic N) is 4. The van der Waals surface area contributed by atoms with Crippen LogP contribution >= 0.6 is 11.8 Å². The monoisotopic (exact) mass is 462 g/mol. The number of hydrogen-bond acceptors (Lipinski definition) is 6. The number of nitrogens with one attached hydrogen (secondary N) is 2. The number of thioether (sulfide) groups is 1. The minimum absolute atomic E-state index is 0.158. The molecule has 0 spiro atoms. The summed E-state index contributed by atoms with van der Waals surface area (Å²) in [5.41, 5.74) is 2.08. The average molecular weight is 463 g/mol. The Kier molecular flexibility index (Phi) is 5.37. The molecule has 1 saturated carbocycles. The Morgan fingerprint density at radius 3 is 2.58 bits per heavy atom. The molecule has 1 fully saturated rings. The number of benzene rings is 2. The third-order valence-electron chi connectivity index (χ3n) is 5.55. The van der Waals surface area contributed by atoms with Gasteiger partial charge < -0.3 is 5.32 Å². The Bertz CT molecular complexity index is 1460. The van der Waals surface area contributed by atoms with E-state index in [4.69, 9.17) is 0 Å². The summed E-state index contributed by atoms with van der Waals surface area (Å²) in [6, 6.07) is 14.5. The highest BCUT2D eigenvalue weighted by Crippen LogP contribution is 2.27. The molecule has 1 unspecified atom stereocenters. The average Bonchev–Trinajstić information content (AvgIpc) is 3.52. The van der Waals surface area contributed by atoms with Crippen molar-refractivity contribution in [2.24, 2.45) is 0 Å². The quantitative estimate of drug-likeness (QED) is 0.441. The lowest BCUT2D eigenvalue weighted by Gasteiger charge is -2.14. The molecule has 5 rings (SSSR count). The number of aromatic nitrogens is 4. The molecule has 33 heavy (non-hydrogen) atoms. The molecule has 0 saturated heterocycles. The van der Waals surface area contributed by atoms with Crippen LogP contribution in [0, 0.1) is 6.92 Å². The summed E-state index contributed by atoms with van der Waals surface area (Å²) in [5, 5.41) is 14.1. The first-order valence-electron chi connectivity index (χ1n) is 10.7. The summed E-state index contributed by atoms with van der Waals surface area (Å²) in [6.07, 6.45) is 1.88. The van der Waals surface area contributed by atoms with E-state index in [0.717, 1.165) is 18.4 Å². The molecule has 1 aliphatic carbocycles. The summed E-state index contributed by atoms with van der Waals surface area (Å²) in [7, 11) is 0. The lowest BCUT2D eigenvalue weighted by Crippen LogP contribution is -2.43. The smallest absolute Gasteiger partial charge is 0.321 e. The van der Waals surface area contributed by atoms with Crippen molar-refractivity contribution < 1.29 is 9.59 Å². The summed E-state index contributed by atoms with van der Waals surface area (Å²) in [5.74, 6) is -0.0685. The second-order valence-electron chi connectivity index (χ2n) is 8.06. The van der Waals surface area contributed by atoms with Gasteiger partial charge in [0, 0.05) is 6.04 Å². The molecule has 2 heterocycles.